The third-order valence-electron chi connectivity index (χ3n) is 5.54. The molecule has 1 fully saturated rings. The molecule has 0 unspecified atom stereocenters. The van der Waals surface area contributed by atoms with Crippen molar-refractivity contribution in [2.75, 3.05) is 19.8 Å². The Morgan fingerprint density at radius 3 is 2.42 bits per heavy atom. The highest BCUT2D eigenvalue weighted by Crippen LogP contribution is 2.29. The number of halogens is 3. The standard InChI is InChI=1S/C26H22F3NO3/c1-2-9-31-20-14-32-26(33-15-20)19-7-8-21-18(12-19)6-5-17(25(21)29)4-3-16-10-23(27)22(13-30)24(28)11-16/h2,5-8,10-12,20,26H,1,3-4,9,14-15H2. The second-order valence-corrected chi connectivity index (χ2v) is 7.81. The second kappa shape index (κ2) is 10.2. The molecule has 33 heavy (non-hydrogen) atoms. The largest absolute Gasteiger partial charge is 0.369 e. The average Bonchev–Trinajstić information content (AvgIpc) is 2.82. The molecule has 0 radical (unpaired) electrons. The summed E-state index contributed by atoms with van der Waals surface area (Å²) < 4.78 is 59.8. The Morgan fingerprint density at radius 1 is 1.03 bits per heavy atom. The van der Waals surface area contributed by atoms with E-state index >= 15 is 4.39 Å². The fourth-order valence-corrected chi connectivity index (χ4v) is 3.83. The molecule has 0 aromatic heterocycles. The average molecular weight is 453 g/mol. The Kier molecular flexibility index (Phi) is 7.09. The SMILES string of the molecule is C=CCOC1COC(c2ccc3c(F)c(CCc4cc(F)c(C#N)c(F)c4)ccc3c2)OC1. The molecule has 0 aliphatic carbocycles. The first-order valence-electron chi connectivity index (χ1n) is 10.5. The van der Waals surface area contributed by atoms with Crippen molar-refractivity contribution in [3.05, 3.63) is 94.8 Å². The highest BCUT2D eigenvalue weighted by molar-refractivity contribution is 5.84. The number of rotatable bonds is 7. The molecule has 0 N–H and O–H groups in total. The molecule has 1 heterocycles. The van der Waals surface area contributed by atoms with Crippen molar-refractivity contribution in [3.63, 3.8) is 0 Å². The third kappa shape index (κ3) is 5.09. The maximum atomic E-state index is 15.1. The van der Waals surface area contributed by atoms with E-state index in [-0.39, 0.29) is 24.8 Å². The summed E-state index contributed by atoms with van der Waals surface area (Å²) in [4.78, 5) is 0. The van der Waals surface area contributed by atoms with Crippen LogP contribution in [-0.2, 0) is 27.1 Å². The number of hydrogen-bond acceptors (Lipinski definition) is 4. The van der Waals surface area contributed by atoms with Crippen LogP contribution in [-0.4, -0.2) is 25.9 Å². The number of nitrogens with zero attached hydrogens (tertiary/aromatic N) is 1. The van der Waals surface area contributed by atoms with Crippen molar-refractivity contribution >= 4 is 10.8 Å². The summed E-state index contributed by atoms with van der Waals surface area (Å²) in [6, 6.07) is 12.5. The van der Waals surface area contributed by atoms with E-state index in [9.17, 15) is 8.78 Å². The van der Waals surface area contributed by atoms with Gasteiger partial charge in [-0.15, -0.1) is 6.58 Å². The Labute approximate surface area is 189 Å². The summed E-state index contributed by atoms with van der Waals surface area (Å²) >= 11 is 0. The van der Waals surface area contributed by atoms with Crippen molar-refractivity contribution in [2.24, 2.45) is 0 Å². The number of ether oxygens (including phenoxy) is 3. The van der Waals surface area contributed by atoms with E-state index in [0.717, 1.165) is 17.7 Å². The van der Waals surface area contributed by atoms with Gasteiger partial charge in [-0.1, -0.05) is 30.3 Å². The molecule has 7 heteroatoms. The van der Waals surface area contributed by atoms with Gasteiger partial charge in [-0.3, -0.25) is 0 Å². The van der Waals surface area contributed by atoms with Crippen molar-refractivity contribution in [1.82, 2.24) is 0 Å². The van der Waals surface area contributed by atoms with Gasteiger partial charge in [-0.25, -0.2) is 13.2 Å². The number of fused-ring (bicyclic) bond motifs is 1. The maximum Gasteiger partial charge on any atom is 0.184 e. The topological polar surface area (TPSA) is 51.5 Å². The molecule has 3 aromatic rings. The van der Waals surface area contributed by atoms with E-state index in [1.807, 2.05) is 6.07 Å². The van der Waals surface area contributed by atoms with E-state index in [2.05, 4.69) is 6.58 Å². The lowest BCUT2D eigenvalue weighted by Gasteiger charge is -2.29. The van der Waals surface area contributed by atoms with Crippen LogP contribution in [0, 0.1) is 28.8 Å². The van der Waals surface area contributed by atoms with Crippen LogP contribution < -0.4 is 0 Å². The van der Waals surface area contributed by atoms with Gasteiger partial charge in [-0.2, -0.15) is 5.26 Å². The van der Waals surface area contributed by atoms with Gasteiger partial charge in [0.05, 0.1) is 19.8 Å². The Morgan fingerprint density at radius 2 is 1.76 bits per heavy atom. The van der Waals surface area contributed by atoms with Gasteiger partial charge in [0.2, 0.25) is 0 Å². The first-order chi connectivity index (χ1) is 16.0. The molecule has 0 atom stereocenters. The fourth-order valence-electron chi connectivity index (χ4n) is 3.83. The van der Waals surface area contributed by atoms with Gasteiger partial charge >= 0.3 is 0 Å². The lowest BCUT2D eigenvalue weighted by Crippen LogP contribution is -2.33. The van der Waals surface area contributed by atoms with Crippen LogP contribution >= 0.6 is 0 Å². The third-order valence-corrected chi connectivity index (χ3v) is 5.54. The Bertz CT molecular complexity index is 1190. The Hall–Kier alpha value is -3.18. The number of nitriles is 1. The van der Waals surface area contributed by atoms with E-state index < -0.39 is 23.5 Å². The molecule has 4 rings (SSSR count). The van der Waals surface area contributed by atoms with Crippen molar-refractivity contribution in [1.29, 1.82) is 5.26 Å². The molecule has 4 nitrogen and oxygen atoms in total. The summed E-state index contributed by atoms with van der Waals surface area (Å²) in [6.45, 7) is 4.82. The van der Waals surface area contributed by atoms with Crippen molar-refractivity contribution in [2.45, 2.75) is 25.2 Å². The normalized spacial score (nSPS) is 18.2. The molecule has 3 aromatic carbocycles. The molecule has 0 amide bonds. The quantitative estimate of drug-likeness (QED) is 0.442. The first-order valence-corrected chi connectivity index (χ1v) is 10.5. The van der Waals surface area contributed by atoms with Gasteiger partial charge in [0.1, 0.15) is 35.2 Å². The predicted octanol–water partition coefficient (Wildman–Crippen LogP) is 5.53. The van der Waals surface area contributed by atoms with Crippen molar-refractivity contribution in [3.8, 4) is 6.07 Å². The number of benzene rings is 3. The molecular formula is C26H22F3NO3. The van der Waals surface area contributed by atoms with Gasteiger partial charge in [0, 0.05) is 10.9 Å². The molecule has 0 spiro atoms. The van der Waals surface area contributed by atoms with E-state index in [1.165, 1.54) is 6.07 Å². The van der Waals surface area contributed by atoms with Crippen molar-refractivity contribution < 1.29 is 27.4 Å². The second-order valence-electron chi connectivity index (χ2n) is 7.81. The highest BCUT2D eigenvalue weighted by atomic mass is 19.1. The van der Waals surface area contributed by atoms with Gasteiger partial charge < -0.3 is 14.2 Å². The fraction of sp³-hybridized carbons (Fsp3) is 0.269. The van der Waals surface area contributed by atoms with E-state index in [0.29, 0.717) is 41.7 Å². The smallest absolute Gasteiger partial charge is 0.184 e. The summed E-state index contributed by atoms with van der Waals surface area (Å²) in [7, 11) is 0. The van der Waals surface area contributed by atoms with Crippen LogP contribution in [0.3, 0.4) is 0 Å². The highest BCUT2D eigenvalue weighted by Gasteiger charge is 2.24. The van der Waals surface area contributed by atoms with Crippen LogP contribution in [0.15, 0.2) is 55.1 Å². The Balaban J connectivity index is 1.46. The number of aryl methyl sites for hydroxylation is 2. The summed E-state index contributed by atoms with van der Waals surface area (Å²) in [5.74, 6) is -2.20. The molecule has 1 aliphatic rings. The monoisotopic (exact) mass is 453 g/mol. The predicted molar refractivity (Wildman–Crippen MR) is 117 cm³/mol. The summed E-state index contributed by atoms with van der Waals surface area (Å²) in [6.07, 6.45) is 1.45. The minimum absolute atomic E-state index is 0.155. The molecule has 0 bridgehead atoms. The van der Waals surface area contributed by atoms with E-state index in [1.54, 1.807) is 30.3 Å². The van der Waals surface area contributed by atoms with Crippen LogP contribution in [0.5, 0.6) is 0 Å². The van der Waals surface area contributed by atoms with Crippen LogP contribution in [0.1, 0.15) is 28.5 Å². The molecule has 0 saturated carbocycles. The molecule has 1 aliphatic heterocycles. The zero-order chi connectivity index (χ0) is 23.4. The lowest BCUT2D eigenvalue weighted by atomic mass is 9.98. The maximum absolute atomic E-state index is 15.1. The zero-order valence-electron chi connectivity index (χ0n) is 17.8. The number of hydrogen-bond donors (Lipinski definition) is 0. The van der Waals surface area contributed by atoms with Crippen LogP contribution in [0.4, 0.5) is 13.2 Å². The minimum atomic E-state index is -0.912. The van der Waals surface area contributed by atoms with Gasteiger partial charge in [0.15, 0.2) is 6.29 Å². The minimum Gasteiger partial charge on any atom is -0.369 e. The molecule has 1 saturated heterocycles. The summed E-state index contributed by atoms with van der Waals surface area (Å²) in [5.41, 5.74) is 0.964. The van der Waals surface area contributed by atoms with Crippen LogP contribution in [0.2, 0.25) is 0 Å². The molecular weight excluding hydrogens is 431 g/mol. The van der Waals surface area contributed by atoms with Crippen LogP contribution in [0.25, 0.3) is 10.8 Å². The van der Waals surface area contributed by atoms with Gasteiger partial charge in [-0.05, 0) is 47.6 Å². The molecule has 170 valence electrons. The van der Waals surface area contributed by atoms with Gasteiger partial charge in [0.25, 0.3) is 0 Å². The summed E-state index contributed by atoms with van der Waals surface area (Å²) in [5, 5.41) is 9.91. The lowest BCUT2D eigenvalue weighted by molar-refractivity contribution is -0.228. The zero-order valence-corrected chi connectivity index (χ0v) is 17.8. The van der Waals surface area contributed by atoms with E-state index in [4.69, 9.17) is 19.5 Å². The first kappa shape index (κ1) is 23.0.